The molecule has 4 aromatic rings. The fourth-order valence-corrected chi connectivity index (χ4v) is 13.0. The number of rotatable bonds is 24. The van der Waals surface area contributed by atoms with Gasteiger partial charge in [0.1, 0.15) is 6.04 Å². The lowest BCUT2D eigenvalue weighted by molar-refractivity contribution is -0.136. The molecular formula is C62H75ClF3N9O9S. The number of carbonyl (C=O) groups is 6. The van der Waals surface area contributed by atoms with E-state index in [4.69, 9.17) is 16.3 Å². The number of alkyl halides is 3. The normalized spacial score (nSPS) is 20.3. The number of allylic oxidation sites excluding steroid dienone is 1. The average molecular weight is 1210 g/mol. The summed E-state index contributed by atoms with van der Waals surface area (Å²) in [6.45, 7) is 12.2. The van der Waals surface area contributed by atoms with Gasteiger partial charge < -0.3 is 30.9 Å². The summed E-state index contributed by atoms with van der Waals surface area (Å²) in [6, 6.07) is 22.6. The van der Waals surface area contributed by atoms with E-state index in [1.165, 1.54) is 23.3 Å². The standard InChI is InChI=1S/C62H75ClF3N9O9S/c1-3-46(24-27-72-32-34-84-35-33-72)70-50-20-11-41(36-53(50)85(82,83)62(64,65)66)38-68-57(78)43-14-18-47(19-15-43)74-30-28-73(29-31-74)39-44-37-61(2,25-23-48(44)42-12-16-45(63)17-13-42)40-69-54(76)10-5-4-6-26-67-51-9-7-8-49-56(51)60(81)75(59(49)80)52-21-22-55(77)71-58(52)79/h7-9,11-20,36,46,52,67,70H,3-6,10,21-35,37-40H2,1-2H3,(H,68,78)(H,69,76)(H,71,77,79)/t46-,52?,61?/m0/s1. The molecule has 0 saturated carbocycles. The third-order valence-electron chi connectivity index (χ3n) is 16.9. The molecule has 5 N–H and O–H groups in total. The van der Waals surface area contributed by atoms with Gasteiger partial charge in [0.05, 0.1) is 34.9 Å². The predicted molar refractivity (Wildman–Crippen MR) is 319 cm³/mol. The number of amides is 6. The summed E-state index contributed by atoms with van der Waals surface area (Å²) in [5, 5.41) is 15.2. The first kappa shape index (κ1) is 62.7. The van der Waals surface area contributed by atoms with Gasteiger partial charge in [0.25, 0.3) is 27.6 Å². The number of ether oxygens (including phenoxy) is 1. The van der Waals surface area contributed by atoms with Gasteiger partial charge in [0.15, 0.2) is 0 Å². The lowest BCUT2D eigenvalue weighted by Crippen LogP contribution is -2.54. The number of hydrogen-bond donors (Lipinski definition) is 5. The van der Waals surface area contributed by atoms with Crippen molar-refractivity contribution in [3.63, 3.8) is 0 Å². The van der Waals surface area contributed by atoms with Crippen molar-refractivity contribution >= 4 is 79.5 Å². The van der Waals surface area contributed by atoms with Crippen LogP contribution in [0.5, 0.6) is 0 Å². The molecule has 0 radical (unpaired) electrons. The number of anilines is 3. The van der Waals surface area contributed by atoms with E-state index in [-0.39, 0.29) is 59.1 Å². The van der Waals surface area contributed by atoms with E-state index in [1.54, 1.807) is 30.3 Å². The third-order valence-corrected chi connectivity index (χ3v) is 18.7. The highest BCUT2D eigenvalue weighted by Crippen LogP contribution is 2.43. The highest BCUT2D eigenvalue weighted by molar-refractivity contribution is 7.92. The second-order valence-electron chi connectivity index (χ2n) is 23.0. The number of benzene rings is 4. The van der Waals surface area contributed by atoms with Crippen LogP contribution in [0, 0.1) is 5.41 Å². The minimum atomic E-state index is -5.73. The summed E-state index contributed by atoms with van der Waals surface area (Å²) in [4.78, 5) is 84.6. The molecule has 4 aromatic carbocycles. The largest absolute Gasteiger partial charge is 0.501 e. The van der Waals surface area contributed by atoms with E-state index in [1.807, 2.05) is 31.2 Å². The maximum absolute atomic E-state index is 14.0. The molecule has 2 unspecified atom stereocenters. The summed E-state index contributed by atoms with van der Waals surface area (Å²) >= 11 is 6.32. The summed E-state index contributed by atoms with van der Waals surface area (Å²) in [5.74, 6) is -2.70. The third kappa shape index (κ3) is 15.4. The first-order chi connectivity index (χ1) is 40.7. The van der Waals surface area contributed by atoms with Crippen molar-refractivity contribution in [3.8, 4) is 0 Å². The molecule has 1 aliphatic carbocycles. The number of piperidine rings is 1. The van der Waals surface area contributed by atoms with Crippen LogP contribution in [-0.4, -0.2) is 155 Å². The summed E-state index contributed by atoms with van der Waals surface area (Å²) in [5.41, 5.74) is 0.308. The predicted octanol–water partition coefficient (Wildman–Crippen LogP) is 8.43. The van der Waals surface area contributed by atoms with Crippen molar-refractivity contribution in [1.82, 2.24) is 30.7 Å². The maximum atomic E-state index is 14.0. The van der Waals surface area contributed by atoms with E-state index in [0.29, 0.717) is 81.2 Å². The number of morpholine rings is 1. The van der Waals surface area contributed by atoms with Crippen LogP contribution in [0.1, 0.15) is 127 Å². The van der Waals surface area contributed by atoms with Crippen LogP contribution in [0.4, 0.5) is 30.2 Å². The molecule has 3 fully saturated rings. The van der Waals surface area contributed by atoms with Gasteiger partial charge in [-0.3, -0.25) is 48.8 Å². The Kier molecular flexibility index (Phi) is 20.4. The highest BCUT2D eigenvalue weighted by atomic mass is 35.5. The van der Waals surface area contributed by atoms with E-state index >= 15 is 0 Å². The Morgan fingerprint density at radius 3 is 2.29 bits per heavy atom. The number of hydrogen-bond acceptors (Lipinski definition) is 14. The van der Waals surface area contributed by atoms with Crippen LogP contribution in [-0.2, 0) is 35.5 Å². The summed E-state index contributed by atoms with van der Waals surface area (Å²) in [6.07, 6.45) is 6.29. The Bertz CT molecular complexity index is 3260. The molecule has 4 aliphatic heterocycles. The number of unbranched alkanes of at least 4 members (excludes halogenated alkanes) is 2. The Hall–Kier alpha value is -6.85. The highest BCUT2D eigenvalue weighted by Gasteiger charge is 2.49. The Labute approximate surface area is 499 Å². The number of carbonyl (C=O) groups excluding carboxylic acids is 6. The molecule has 18 nitrogen and oxygen atoms in total. The zero-order valence-corrected chi connectivity index (χ0v) is 49.7. The molecule has 0 spiro atoms. The van der Waals surface area contributed by atoms with Crippen LogP contribution < -0.4 is 31.5 Å². The van der Waals surface area contributed by atoms with Crippen LogP contribution in [0.25, 0.3) is 5.57 Å². The minimum Gasteiger partial charge on any atom is -0.384 e. The van der Waals surface area contributed by atoms with Gasteiger partial charge in [0.2, 0.25) is 17.7 Å². The van der Waals surface area contributed by atoms with E-state index < -0.39 is 55.8 Å². The summed E-state index contributed by atoms with van der Waals surface area (Å²) < 4.78 is 73.2. The number of piperazine rings is 1. The molecule has 0 aromatic heterocycles. The fourth-order valence-electron chi connectivity index (χ4n) is 11.9. The molecule has 23 heteroatoms. The number of nitrogens with zero attached hydrogens (tertiary/aromatic N) is 4. The number of imide groups is 2. The maximum Gasteiger partial charge on any atom is 0.501 e. The minimum absolute atomic E-state index is 0.0159. The first-order valence-electron chi connectivity index (χ1n) is 29.4. The van der Waals surface area contributed by atoms with Crippen molar-refractivity contribution in [2.45, 2.75) is 114 Å². The monoisotopic (exact) mass is 1210 g/mol. The molecule has 85 heavy (non-hydrogen) atoms. The number of fused-ring (bicyclic) bond motifs is 1. The van der Waals surface area contributed by atoms with Crippen molar-refractivity contribution < 1.29 is 55.1 Å². The van der Waals surface area contributed by atoms with E-state index in [0.717, 1.165) is 93.7 Å². The molecule has 6 amide bonds. The van der Waals surface area contributed by atoms with Crippen LogP contribution >= 0.6 is 11.6 Å². The number of nitrogens with one attached hydrogen (secondary N) is 5. The Morgan fingerprint density at radius 2 is 1.59 bits per heavy atom. The van der Waals surface area contributed by atoms with E-state index in [2.05, 4.69) is 60.3 Å². The Morgan fingerprint density at radius 1 is 0.847 bits per heavy atom. The van der Waals surface area contributed by atoms with Gasteiger partial charge in [-0.25, -0.2) is 8.42 Å². The molecule has 9 rings (SSSR count). The second-order valence-corrected chi connectivity index (χ2v) is 25.4. The SMILES string of the molecule is CC[C@@H](CCN1CCOCC1)Nc1ccc(CNC(=O)c2ccc(N3CCN(CC4=C(c5ccc(Cl)cc5)CCC(C)(CNC(=O)CCCCCNc5cccc6c5C(=O)N(C5CCC(=O)NC5=O)C6=O)C4)CC3)cc2)cc1S(=O)(=O)C(F)(F)F. The van der Waals surface area contributed by atoms with Gasteiger partial charge in [-0.1, -0.05) is 61.7 Å². The fraction of sp³-hybridized carbons (Fsp3) is 0.484. The van der Waals surface area contributed by atoms with Gasteiger partial charge in [-0.05, 0) is 134 Å². The van der Waals surface area contributed by atoms with Gasteiger partial charge >= 0.3 is 5.51 Å². The van der Waals surface area contributed by atoms with Crippen molar-refractivity contribution in [3.05, 3.63) is 123 Å². The number of halogens is 4. The first-order valence-corrected chi connectivity index (χ1v) is 31.2. The molecule has 456 valence electrons. The molecule has 3 atom stereocenters. The second kappa shape index (κ2) is 27.7. The molecule has 3 saturated heterocycles. The van der Waals surface area contributed by atoms with Gasteiger partial charge in [-0.15, -0.1) is 0 Å². The quantitative estimate of drug-likeness (QED) is 0.0329. The van der Waals surface area contributed by atoms with E-state index in [9.17, 15) is 50.4 Å². The van der Waals surface area contributed by atoms with Crippen LogP contribution in [0.15, 0.2) is 95.4 Å². The molecular weight excluding hydrogens is 1140 g/mol. The zero-order valence-electron chi connectivity index (χ0n) is 48.1. The average Bonchev–Trinajstić information content (AvgIpc) is 2.45. The van der Waals surface area contributed by atoms with Crippen molar-refractivity contribution in [2.24, 2.45) is 5.41 Å². The molecule has 0 bridgehead atoms. The summed E-state index contributed by atoms with van der Waals surface area (Å²) in [7, 11) is -5.73. The van der Waals surface area contributed by atoms with Crippen molar-refractivity contribution in [1.29, 1.82) is 0 Å². The Balaban J connectivity index is 0.734. The molecule has 5 aliphatic rings. The lowest BCUT2D eigenvalue weighted by Gasteiger charge is -2.41. The zero-order chi connectivity index (χ0) is 60.5. The van der Waals surface area contributed by atoms with Crippen molar-refractivity contribution in [2.75, 3.05) is 94.2 Å². The molecule has 4 heterocycles. The van der Waals surface area contributed by atoms with Crippen LogP contribution in [0.2, 0.25) is 5.02 Å². The number of sulfone groups is 1. The van der Waals surface area contributed by atoms with Gasteiger partial charge in [-0.2, -0.15) is 13.2 Å². The topological polar surface area (TPSA) is 219 Å². The smallest absolute Gasteiger partial charge is 0.384 e. The van der Waals surface area contributed by atoms with Gasteiger partial charge in [0, 0.05) is 113 Å². The van der Waals surface area contributed by atoms with Crippen LogP contribution in [0.3, 0.4) is 0 Å². The lowest BCUT2D eigenvalue weighted by atomic mass is 9.71.